The van der Waals surface area contributed by atoms with Crippen molar-refractivity contribution >= 4 is 21.5 Å². The van der Waals surface area contributed by atoms with Crippen molar-refractivity contribution in [2.24, 2.45) is 13.0 Å². The molecule has 0 bridgehead atoms. The lowest BCUT2D eigenvalue weighted by Gasteiger charge is -2.22. The fourth-order valence-electron chi connectivity index (χ4n) is 4.38. The molecule has 1 aliphatic rings. The molecule has 0 amide bonds. The maximum absolute atomic E-state index is 6.47. The molecule has 3 heterocycles. The third-order valence-electron chi connectivity index (χ3n) is 5.52. The molecule has 0 unspecified atom stereocenters. The van der Waals surface area contributed by atoms with Crippen LogP contribution in [0.1, 0.15) is 25.0 Å². The van der Waals surface area contributed by atoms with Gasteiger partial charge in [0.25, 0.3) is 0 Å². The Morgan fingerprint density at radius 3 is 2.74 bits per heavy atom. The number of rotatable bonds is 2. The molecule has 0 fully saturated rings. The number of aromatic nitrogens is 2. The maximum atomic E-state index is 6.47. The van der Waals surface area contributed by atoms with Gasteiger partial charge in [0, 0.05) is 23.8 Å². The summed E-state index contributed by atoms with van der Waals surface area (Å²) in [5.41, 5.74) is 4.99. The zero-order valence-electron chi connectivity index (χ0n) is 16.2. The molecule has 3 heteroatoms. The molecule has 0 spiro atoms. The Labute approximate surface area is 159 Å². The summed E-state index contributed by atoms with van der Waals surface area (Å²) in [4.78, 5) is 4.29. The van der Waals surface area contributed by atoms with Crippen LogP contribution in [0.3, 0.4) is 0 Å². The van der Waals surface area contributed by atoms with Crippen LogP contribution in [0.5, 0.6) is 11.5 Å². The van der Waals surface area contributed by atoms with Crippen LogP contribution in [0.2, 0.25) is 0 Å². The molecule has 27 heavy (non-hydrogen) atoms. The standard InChI is InChI=1S/C24H23N2O/c1-14(2)9-16-10-17-6-8-26(4)24-22-15(3)19-5-7-25-13-18(19)12-21(22)27-20(11-16)23(17)24/h5-8,10-14H,9H2,1-4H3/q+1. The Kier molecular flexibility index (Phi) is 3.48. The van der Waals surface area contributed by atoms with Gasteiger partial charge in [-0.1, -0.05) is 19.9 Å². The maximum Gasteiger partial charge on any atom is 0.228 e. The van der Waals surface area contributed by atoms with Gasteiger partial charge in [-0.3, -0.25) is 4.98 Å². The van der Waals surface area contributed by atoms with E-state index in [-0.39, 0.29) is 0 Å². The molecular formula is C24H23N2O+. The van der Waals surface area contributed by atoms with E-state index in [1.54, 1.807) is 0 Å². The molecule has 5 rings (SSSR count). The number of pyridine rings is 2. The minimum Gasteiger partial charge on any atom is -0.456 e. The van der Waals surface area contributed by atoms with Crippen LogP contribution in [0, 0.1) is 12.8 Å². The van der Waals surface area contributed by atoms with Gasteiger partial charge in [-0.25, -0.2) is 4.57 Å². The highest BCUT2D eigenvalue weighted by Crippen LogP contribution is 2.48. The molecule has 4 aromatic rings. The molecule has 2 aromatic carbocycles. The van der Waals surface area contributed by atoms with Crippen molar-refractivity contribution in [2.45, 2.75) is 27.2 Å². The van der Waals surface area contributed by atoms with E-state index in [2.05, 4.69) is 73.9 Å². The van der Waals surface area contributed by atoms with Crippen molar-refractivity contribution in [3.63, 3.8) is 0 Å². The van der Waals surface area contributed by atoms with Crippen molar-refractivity contribution in [1.29, 1.82) is 0 Å². The molecule has 134 valence electrons. The first kappa shape index (κ1) is 16.2. The highest BCUT2D eigenvalue weighted by Gasteiger charge is 2.30. The smallest absolute Gasteiger partial charge is 0.228 e. The number of fused-ring (bicyclic) bond motifs is 3. The van der Waals surface area contributed by atoms with Gasteiger partial charge in [0.05, 0.1) is 10.9 Å². The second-order valence-electron chi connectivity index (χ2n) is 8.00. The van der Waals surface area contributed by atoms with Crippen LogP contribution in [0.4, 0.5) is 0 Å². The van der Waals surface area contributed by atoms with E-state index in [0.29, 0.717) is 5.92 Å². The molecule has 0 atom stereocenters. The first-order valence-corrected chi connectivity index (χ1v) is 9.53. The zero-order chi connectivity index (χ0) is 18.7. The molecule has 0 radical (unpaired) electrons. The third kappa shape index (κ3) is 2.42. The molecule has 0 aliphatic carbocycles. The summed E-state index contributed by atoms with van der Waals surface area (Å²) < 4.78 is 8.69. The average Bonchev–Trinajstić information content (AvgIpc) is 2.63. The largest absolute Gasteiger partial charge is 0.456 e. The lowest BCUT2D eigenvalue weighted by atomic mass is 9.91. The Hall–Kier alpha value is -2.94. The van der Waals surface area contributed by atoms with Gasteiger partial charge in [-0.2, -0.15) is 0 Å². The number of hydrogen-bond donors (Lipinski definition) is 0. The summed E-state index contributed by atoms with van der Waals surface area (Å²) in [6, 6.07) is 10.9. The average molecular weight is 355 g/mol. The van der Waals surface area contributed by atoms with Crippen LogP contribution in [0.15, 0.2) is 48.9 Å². The summed E-state index contributed by atoms with van der Waals surface area (Å²) in [6.07, 6.45) is 6.98. The van der Waals surface area contributed by atoms with E-state index in [9.17, 15) is 0 Å². The monoisotopic (exact) mass is 355 g/mol. The SMILES string of the molecule is Cc1c2c(cc3cnccc13)Oc1cc(CC(C)C)cc3cc[n+](C)c-2c13. The summed E-state index contributed by atoms with van der Waals surface area (Å²) in [5.74, 6) is 2.50. The van der Waals surface area contributed by atoms with Crippen molar-refractivity contribution < 1.29 is 9.30 Å². The normalized spacial score (nSPS) is 12.5. The molecule has 0 saturated heterocycles. The second-order valence-corrected chi connectivity index (χ2v) is 8.00. The van der Waals surface area contributed by atoms with Gasteiger partial charge >= 0.3 is 0 Å². The quantitative estimate of drug-likeness (QED) is 0.391. The first-order valence-electron chi connectivity index (χ1n) is 9.53. The van der Waals surface area contributed by atoms with E-state index in [4.69, 9.17) is 4.74 Å². The van der Waals surface area contributed by atoms with Crippen LogP contribution in [-0.2, 0) is 13.5 Å². The molecular weight excluding hydrogens is 332 g/mol. The minimum absolute atomic E-state index is 0.613. The minimum atomic E-state index is 0.613. The highest BCUT2D eigenvalue weighted by molar-refractivity contribution is 6.05. The van der Waals surface area contributed by atoms with E-state index in [1.165, 1.54) is 38.5 Å². The number of ether oxygens (including phenoxy) is 1. The number of hydrogen-bond acceptors (Lipinski definition) is 2. The Bertz CT molecular complexity index is 1220. The van der Waals surface area contributed by atoms with Crippen LogP contribution in [0.25, 0.3) is 32.8 Å². The molecule has 1 aliphatic heterocycles. The fraction of sp³-hybridized carbons (Fsp3) is 0.250. The zero-order valence-corrected chi connectivity index (χ0v) is 16.2. The van der Waals surface area contributed by atoms with Crippen LogP contribution in [-0.4, -0.2) is 4.98 Å². The first-order chi connectivity index (χ1) is 13.0. The predicted molar refractivity (Wildman–Crippen MR) is 109 cm³/mol. The van der Waals surface area contributed by atoms with Gasteiger partial charge < -0.3 is 4.74 Å². The fourth-order valence-corrected chi connectivity index (χ4v) is 4.38. The topological polar surface area (TPSA) is 26.0 Å². The van der Waals surface area contributed by atoms with Crippen molar-refractivity contribution in [1.82, 2.24) is 4.98 Å². The lowest BCUT2D eigenvalue weighted by molar-refractivity contribution is -0.659. The third-order valence-corrected chi connectivity index (χ3v) is 5.52. The van der Waals surface area contributed by atoms with Gasteiger partial charge in [-0.05, 0) is 59.4 Å². The number of nitrogens with zero attached hydrogens (tertiary/aromatic N) is 2. The van der Waals surface area contributed by atoms with Crippen molar-refractivity contribution in [3.8, 4) is 22.8 Å². The second kappa shape index (κ2) is 5.78. The summed E-state index contributed by atoms with van der Waals surface area (Å²) >= 11 is 0. The summed E-state index contributed by atoms with van der Waals surface area (Å²) in [6.45, 7) is 6.69. The van der Waals surface area contributed by atoms with E-state index in [0.717, 1.165) is 23.3 Å². The highest BCUT2D eigenvalue weighted by atomic mass is 16.5. The summed E-state index contributed by atoms with van der Waals surface area (Å²) in [7, 11) is 2.12. The predicted octanol–water partition coefficient (Wildman–Crippen LogP) is 5.49. The van der Waals surface area contributed by atoms with Crippen LogP contribution >= 0.6 is 0 Å². The van der Waals surface area contributed by atoms with Crippen molar-refractivity contribution in [3.05, 3.63) is 60.0 Å². The Morgan fingerprint density at radius 1 is 1.07 bits per heavy atom. The van der Waals surface area contributed by atoms with Gasteiger partial charge in [0.1, 0.15) is 18.5 Å². The molecule has 0 N–H and O–H groups in total. The van der Waals surface area contributed by atoms with Gasteiger partial charge in [0.15, 0.2) is 6.20 Å². The summed E-state index contributed by atoms with van der Waals surface area (Å²) in [5, 5.41) is 4.79. The molecule has 3 nitrogen and oxygen atoms in total. The van der Waals surface area contributed by atoms with Crippen LogP contribution < -0.4 is 9.30 Å². The Morgan fingerprint density at radius 2 is 1.93 bits per heavy atom. The number of aryl methyl sites for hydroxylation is 2. The van der Waals surface area contributed by atoms with E-state index >= 15 is 0 Å². The van der Waals surface area contributed by atoms with E-state index in [1.807, 2.05) is 12.4 Å². The molecule has 0 saturated carbocycles. The Balaban J connectivity index is 1.88. The van der Waals surface area contributed by atoms with Crippen molar-refractivity contribution in [2.75, 3.05) is 0 Å². The lowest BCUT2D eigenvalue weighted by Crippen LogP contribution is -2.31. The van der Waals surface area contributed by atoms with E-state index < -0.39 is 0 Å². The van der Waals surface area contributed by atoms with Gasteiger partial charge in [0.2, 0.25) is 5.69 Å². The van der Waals surface area contributed by atoms with Gasteiger partial charge in [-0.15, -0.1) is 0 Å². The molecule has 2 aromatic heterocycles. The number of benzene rings is 2.